The van der Waals surface area contributed by atoms with Crippen LogP contribution in [-0.4, -0.2) is 49.8 Å². The van der Waals surface area contributed by atoms with Gasteiger partial charge in [-0.25, -0.2) is 4.98 Å². The van der Waals surface area contributed by atoms with Gasteiger partial charge in [0.1, 0.15) is 0 Å². The van der Waals surface area contributed by atoms with E-state index in [1.165, 1.54) is 11.3 Å². The molecule has 0 radical (unpaired) electrons. The van der Waals surface area contributed by atoms with Crippen molar-refractivity contribution in [1.82, 2.24) is 9.88 Å². The van der Waals surface area contributed by atoms with Crippen LogP contribution in [0.4, 0.5) is 5.13 Å². The molecule has 0 unspecified atom stereocenters. The van der Waals surface area contributed by atoms with E-state index in [0.29, 0.717) is 28.2 Å². The fourth-order valence-corrected chi connectivity index (χ4v) is 4.48. The first kappa shape index (κ1) is 22.6. The molecule has 1 aliphatic heterocycles. The van der Waals surface area contributed by atoms with Crippen molar-refractivity contribution in [2.45, 2.75) is 12.8 Å². The van der Waals surface area contributed by atoms with Gasteiger partial charge < -0.3 is 14.4 Å². The van der Waals surface area contributed by atoms with Crippen molar-refractivity contribution in [3.63, 3.8) is 0 Å². The second-order valence-corrected chi connectivity index (χ2v) is 8.62. The molecule has 0 bridgehead atoms. The third kappa shape index (κ3) is 5.16. The van der Waals surface area contributed by atoms with Crippen LogP contribution in [0.5, 0.6) is 11.5 Å². The Labute approximate surface area is 190 Å². The molecule has 6 nitrogen and oxygen atoms in total. The molecule has 2 aromatic carbocycles. The summed E-state index contributed by atoms with van der Waals surface area (Å²) in [6.45, 7) is 1.72. The zero-order valence-electron chi connectivity index (χ0n) is 16.8. The summed E-state index contributed by atoms with van der Waals surface area (Å²) in [7, 11) is 4.05. The maximum absolute atomic E-state index is 13.2. The average molecular weight is 468 g/mol. The predicted octanol–water partition coefficient (Wildman–Crippen LogP) is 4.63. The van der Waals surface area contributed by atoms with E-state index < -0.39 is 0 Å². The second-order valence-electron chi connectivity index (χ2n) is 7.18. The topological polar surface area (TPSA) is 54.9 Å². The highest BCUT2D eigenvalue weighted by atomic mass is 35.5. The van der Waals surface area contributed by atoms with Crippen LogP contribution >= 0.6 is 35.3 Å². The summed E-state index contributed by atoms with van der Waals surface area (Å²) < 4.78 is 11.8. The number of ether oxygens (including phenoxy) is 2. The Hall–Kier alpha value is -2.06. The van der Waals surface area contributed by atoms with E-state index in [1.54, 1.807) is 4.90 Å². The highest BCUT2D eigenvalue weighted by molar-refractivity contribution is 7.22. The normalized spacial score (nSPS) is 12.3. The Bertz CT molecular complexity index is 1040. The highest BCUT2D eigenvalue weighted by Gasteiger charge is 2.21. The number of thiazole rings is 1. The van der Waals surface area contributed by atoms with E-state index in [1.807, 2.05) is 50.5 Å². The van der Waals surface area contributed by atoms with Crippen molar-refractivity contribution in [3.05, 3.63) is 47.0 Å². The molecule has 0 spiro atoms. The number of nitrogens with zero attached hydrogens (tertiary/aromatic N) is 3. The Balaban J connectivity index is 0.00000256. The van der Waals surface area contributed by atoms with Crippen molar-refractivity contribution >= 4 is 56.6 Å². The predicted molar refractivity (Wildman–Crippen MR) is 124 cm³/mol. The van der Waals surface area contributed by atoms with Gasteiger partial charge in [-0.15, -0.1) is 12.4 Å². The van der Waals surface area contributed by atoms with Gasteiger partial charge >= 0.3 is 0 Å². The van der Waals surface area contributed by atoms with Crippen molar-refractivity contribution in [2.75, 3.05) is 38.9 Å². The van der Waals surface area contributed by atoms with Crippen molar-refractivity contribution in [1.29, 1.82) is 0 Å². The van der Waals surface area contributed by atoms with Crippen LogP contribution in [0.25, 0.3) is 10.2 Å². The van der Waals surface area contributed by atoms with E-state index >= 15 is 0 Å². The summed E-state index contributed by atoms with van der Waals surface area (Å²) in [4.78, 5) is 21.8. The van der Waals surface area contributed by atoms with Gasteiger partial charge in [-0.1, -0.05) is 29.0 Å². The van der Waals surface area contributed by atoms with Crippen molar-refractivity contribution in [3.8, 4) is 11.5 Å². The molecular formula is C21H23Cl2N3O3S. The summed E-state index contributed by atoms with van der Waals surface area (Å²) in [5, 5.41) is 1.37. The minimum absolute atomic E-state index is 0. The van der Waals surface area contributed by atoms with Gasteiger partial charge in [-0.2, -0.15) is 0 Å². The Kier molecular flexibility index (Phi) is 7.41. The summed E-state index contributed by atoms with van der Waals surface area (Å²) in [5.74, 6) is 1.41. The number of fused-ring (bicyclic) bond motifs is 2. The molecule has 160 valence electrons. The van der Waals surface area contributed by atoms with E-state index in [2.05, 4.69) is 9.88 Å². The molecular weight excluding hydrogens is 445 g/mol. The van der Waals surface area contributed by atoms with Crippen LogP contribution < -0.4 is 14.4 Å². The van der Waals surface area contributed by atoms with Crippen LogP contribution in [0, 0.1) is 0 Å². The van der Waals surface area contributed by atoms with Gasteiger partial charge in [0.2, 0.25) is 12.7 Å². The minimum Gasteiger partial charge on any atom is -0.454 e. The smallest absolute Gasteiger partial charge is 0.233 e. The Morgan fingerprint density at radius 1 is 1.13 bits per heavy atom. The molecule has 0 fully saturated rings. The van der Waals surface area contributed by atoms with E-state index in [9.17, 15) is 4.79 Å². The van der Waals surface area contributed by atoms with Crippen LogP contribution in [0.3, 0.4) is 0 Å². The van der Waals surface area contributed by atoms with Crippen LogP contribution in [0.1, 0.15) is 12.0 Å². The Morgan fingerprint density at radius 2 is 1.93 bits per heavy atom. The number of hydrogen-bond donors (Lipinski definition) is 0. The van der Waals surface area contributed by atoms with Gasteiger partial charge in [-0.05, 0) is 63.0 Å². The van der Waals surface area contributed by atoms with Gasteiger partial charge in [0.15, 0.2) is 16.6 Å². The fraction of sp³-hybridized carbons (Fsp3) is 0.333. The largest absolute Gasteiger partial charge is 0.454 e. The number of amides is 1. The van der Waals surface area contributed by atoms with Crippen LogP contribution in [0.15, 0.2) is 36.4 Å². The van der Waals surface area contributed by atoms with Crippen molar-refractivity contribution in [2.24, 2.45) is 0 Å². The fourth-order valence-electron chi connectivity index (χ4n) is 3.19. The molecule has 30 heavy (non-hydrogen) atoms. The van der Waals surface area contributed by atoms with Gasteiger partial charge in [0.05, 0.1) is 16.6 Å². The van der Waals surface area contributed by atoms with Gasteiger partial charge in [-0.3, -0.25) is 9.69 Å². The lowest BCUT2D eigenvalue weighted by Gasteiger charge is -2.21. The molecule has 9 heteroatoms. The number of benzene rings is 2. The van der Waals surface area contributed by atoms with Gasteiger partial charge in [0, 0.05) is 11.6 Å². The maximum Gasteiger partial charge on any atom is 0.233 e. The highest BCUT2D eigenvalue weighted by Crippen LogP contribution is 2.34. The number of carbonyl (C=O) groups is 1. The first-order chi connectivity index (χ1) is 14.0. The first-order valence-corrected chi connectivity index (χ1v) is 10.6. The molecule has 3 aromatic rings. The van der Waals surface area contributed by atoms with E-state index in [0.717, 1.165) is 28.7 Å². The number of aromatic nitrogens is 1. The number of anilines is 1. The number of carbonyl (C=O) groups excluding carboxylic acids is 1. The van der Waals surface area contributed by atoms with Crippen LogP contribution in [-0.2, 0) is 11.2 Å². The number of hydrogen-bond acceptors (Lipinski definition) is 6. The SMILES string of the molecule is CN(C)CCCN(C(=O)Cc1ccc2c(c1)OCO2)c1nc2ccc(Cl)cc2s1.Cl. The molecule has 2 heterocycles. The molecule has 1 aliphatic rings. The molecule has 0 saturated heterocycles. The standard InChI is InChI=1S/C21H22ClN3O3S.ClH/c1-24(2)8-3-9-25(21-23-16-6-5-15(22)12-19(16)29-21)20(26)11-14-4-7-17-18(10-14)28-13-27-17;/h4-7,10,12H,3,8-9,11,13H2,1-2H3;1H. The second kappa shape index (κ2) is 9.83. The van der Waals surface area contributed by atoms with E-state index in [4.69, 9.17) is 21.1 Å². The Morgan fingerprint density at radius 3 is 2.73 bits per heavy atom. The van der Waals surface area contributed by atoms with Crippen molar-refractivity contribution < 1.29 is 14.3 Å². The molecule has 4 rings (SSSR count). The molecule has 0 aliphatic carbocycles. The van der Waals surface area contributed by atoms with E-state index in [-0.39, 0.29) is 31.5 Å². The summed E-state index contributed by atoms with van der Waals surface area (Å²) in [5.41, 5.74) is 1.74. The molecule has 0 saturated carbocycles. The summed E-state index contributed by atoms with van der Waals surface area (Å²) >= 11 is 7.60. The minimum atomic E-state index is 0. The zero-order chi connectivity index (χ0) is 20.4. The summed E-state index contributed by atoms with van der Waals surface area (Å²) in [6.07, 6.45) is 1.13. The summed E-state index contributed by atoms with van der Waals surface area (Å²) in [6, 6.07) is 11.2. The number of rotatable bonds is 7. The first-order valence-electron chi connectivity index (χ1n) is 9.39. The van der Waals surface area contributed by atoms with Gasteiger partial charge in [0.25, 0.3) is 0 Å². The molecule has 0 N–H and O–H groups in total. The van der Waals surface area contributed by atoms with Crippen LogP contribution in [0.2, 0.25) is 5.02 Å². The third-order valence-corrected chi connectivity index (χ3v) is 5.93. The molecule has 0 atom stereocenters. The average Bonchev–Trinajstić information content (AvgIpc) is 3.30. The monoisotopic (exact) mass is 467 g/mol. The lowest BCUT2D eigenvalue weighted by molar-refractivity contribution is -0.118. The zero-order valence-corrected chi connectivity index (χ0v) is 19.1. The number of halogens is 2. The lowest BCUT2D eigenvalue weighted by Crippen LogP contribution is -2.34. The lowest BCUT2D eigenvalue weighted by atomic mass is 10.1. The molecule has 1 amide bonds. The third-order valence-electron chi connectivity index (χ3n) is 4.65. The maximum atomic E-state index is 13.2. The quantitative estimate of drug-likeness (QED) is 0.506. The molecule has 1 aromatic heterocycles.